The van der Waals surface area contributed by atoms with Crippen LogP contribution in [0.15, 0.2) is 28.8 Å². The SMILES string of the molecule is CC(C)c1cc(C2CCCN2C(=O)COCc2nc3ccc(F)cc3[nH]2)no1. The molecule has 0 aliphatic carbocycles. The number of benzene rings is 1. The molecule has 1 amide bonds. The number of hydrogen-bond donors (Lipinski definition) is 1. The maximum Gasteiger partial charge on any atom is 0.249 e. The van der Waals surface area contributed by atoms with E-state index in [0.717, 1.165) is 24.3 Å². The summed E-state index contributed by atoms with van der Waals surface area (Å²) in [6.45, 7) is 4.88. The van der Waals surface area contributed by atoms with Gasteiger partial charge < -0.3 is 19.1 Å². The number of fused-ring (bicyclic) bond motifs is 1. The molecule has 1 aromatic carbocycles. The molecule has 8 heteroatoms. The van der Waals surface area contributed by atoms with E-state index in [1.54, 1.807) is 11.0 Å². The highest BCUT2D eigenvalue weighted by atomic mass is 19.1. The Morgan fingerprint density at radius 1 is 1.43 bits per heavy atom. The van der Waals surface area contributed by atoms with Gasteiger partial charge in [0.2, 0.25) is 5.91 Å². The maximum atomic E-state index is 13.3. The second-order valence-corrected chi connectivity index (χ2v) is 7.39. The van der Waals surface area contributed by atoms with Crippen LogP contribution in [-0.4, -0.2) is 39.1 Å². The smallest absolute Gasteiger partial charge is 0.249 e. The molecule has 1 aliphatic heterocycles. The molecule has 148 valence electrons. The number of H-pyrrole nitrogens is 1. The zero-order valence-electron chi connectivity index (χ0n) is 15.9. The van der Waals surface area contributed by atoms with Crippen LogP contribution < -0.4 is 0 Å². The standard InChI is InChI=1S/C20H23FN4O3/c1-12(2)18-9-16(24-28-18)17-4-3-7-25(17)20(26)11-27-10-19-22-14-6-5-13(21)8-15(14)23-19/h5-6,8-9,12,17H,3-4,7,10-11H2,1-2H3,(H,22,23). The summed E-state index contributed by atoms with van der Waals surface area (Å²) in [5.74, 6) is 1.23. The van der Waals surface area contributed by atoms with Crippen molar-refractivity contribution in [3.05, 3.63) is 47.4 Å². The normalized spacial score (nSPS) is 17.1. The van der Waals surface area contributed by atoms with E-state index in [4.69, 9.17) is 9.26 Å². The topological polar surface area (TPSA) is 84.3 Å². The zero-order valence-corrected chi connectivity index (χ0v) is 15.9. The van der Waals surface area contributed by atoms with E-state index in [0.29, 0.717) is 23.4 Å². The van der Waals surface area contributed by atoms with Crippen molar-refractivity contribution in [2.45, 2.75) is 45.3 Å². The van der Waals surface area contributed by atoms with Gasteiger partial charge in [0, 0.05) is 18.5 Å². The van der Waals surface area contributed by atoms with Gasteiger partial charge in [0.05, 0.1) is 17.1 Å². The molecular formula is C20H23FN4O3. The number of carbonyl (C=O) groups excluding carboxylic acids is 1. The van der Waals surface area contributed by atoms with Gasteiger partial charge in [-0.05, 0) is 31.0 Å². The molecule has 28 heavy (non-hydrogen) atoms. The van der Waals surface area contributed by atoms with E-state index in [2.05, 4.69) is 15.1 Å². The van der Waals surface area contributed by atoms with Gasteiger partial charge in [-0.2, -0.15) is 0 Å². The number of nitrogens with one attached hydrogen (secondary N) is 1. The van der Waals surface area contributed by atoms with Crippen LogP contribution in [0.3, 0.4) is 0 Å². The van der Waals surface area contributed by atoms with Crippen LogP contribution in [0.5, 0.6) is 0 Å². The number of halogens is 1. The molecule has 3 heterocycles. The largest absolute Gasteiger partial charge is 0.364 e. The van der Waals surface area contributed by atoms with E-state index in [9.17, 15) is 9.18 Å². The predicted molar refractivity (Wildman–Crippen MR) is 100.0 cm³/mol. The van der Waals surface area contributed by atoms with Gasteiger partial charge in [-0.15, -0.1) is 0 Å². The summed E-state index contributed by atoms with van der Waals surface area (Å²) < 4.78 is 24.2. The van der Waals surface area contributed by atoms with E-state index in [1.165, 1.54) is 12.1 Å². The Bertz CT molecular complexity index is 981. The van der Waals surface area contributed by atoms with Gasteiger partial charge in [-0.25, -0.2) is 9.37 Å². The Kier molecular flexibility index (Phi) is 5.13. The molecule has 1 fully saturated rings. The lowest BCUT2D eigenvalue weighted by Gasteiger charge is -2.22. The van der Waals surface area contributed by atoms with Crippen molar-refractivity contribution in [2.75, 3.05) is 13.2 Å². The first-order chi connectivity index (χ1) is 13.5. The molecule has 1 atom stereocenters. The minimum absolute atomic E-state index is 0.0448. The van der Waals surface area contributed by atoms with E-state index in [1.807, 2.05) is 19.9 Å². The Hall–Kier alpha value is -2.74. The van der Waals surface area contributed by atoms with Crippen LogP contribution in [0.4, 0.5) is 4.39 Å². The fourth-order valence-corrected chi connectivity index (χ4v) is 3.53. The van der Waals surface area contributed by atoms with Crippen LogP contribution >= 0.6 is 0 Å². The van der Waals surface area contributed by atoms with Crippen molar-refractivity contribution in [1.29, 1.82) is 0 Å². The predicted octanol–water partition coefficient (Wildman–Crippen LogP) is 3.69. The molecule has 3 aromatic rings. The number of carbonyl (C=O) groups is 1. The molecule has 0 bridgehead atoms. The number of nitrogens with zero attached hydrogens (tertiary/aromatic N) is 3. The number of aromatic amines is 1. The molecule has 0 radical (unpaired) electrons. The van der Waals surface area contributed by atoms with Crippen LogP contribution in [0.2, 0.25) is 0 Å². The fourth-order valence-electron chi connectivity index (χ4n) is 3.53. The van der Waals surface area contributed by atoms with Crippen molar-refractivity contribution in [3.63, 3.8) is 0 Å². The highest BCUT2D eigenvalue weighted by Crippen LogP contribution is 2.32. The molecule has 0 spiro atoms. The number of imidazole rings is 1. The molecule has 1 saturated heterocycles. The van der Waals surface area contributed by atoms with Crippen LogP contribution in [0.25, 0.3) is 11.0 Å². The average molecular weight is 386 g/mol. The highest BCUT2D eigenvalue weighted by Gasteiger charge is 2.32. The number of rotatable bonds is 6. The number of aromatic nitrogens is 3. The molecule has 2 aromatic heterocycles. The van der Waals surface area contributed by atoms with Crippen molar-refractivity contribution in [1.82, 2.24) is 20.0 Å². The van der Waals surface area contributed by atoms with Crippen molar-refractivity contribution >= 4 is 16.9 Å². The van der Waals surface area contributed by atoms with E-state index >= 15 is 0 Å². The summed E-state index contributed by atoms with van der Waals surface area (Å²) in [6.07, 6.45) is 1.79. The molecule has 1 aliphatic rings. The number of amides is 1. The fraction of sp³-hybridized carbons (Fsp3) is 0.450. The molecule has 1 unspecified atom stereocenters. The summed E-state index contributed by atoms with van der Waals surface area (Å²) in [5.41, 5.74) is 2.07. The second kappa shape index (κ2) is 7.71. The first kappa shape index (κ1) is 18.6. The third kappa shape index (κ3) is 3.77. The number of likely N-dealkylation sites (tertiary alicyclic amines) is 1. The highest BCUT2D eigenvalue weighted by molar-refractivity contribution is 5.78. The molecular weight excluding hydrogens is 363 g/mol. The van der Waals surface area contributed by atoms with Gasteiger partial charge in [0.25, 0.3) is 0 Å². The number of hydrogen-bond acceptors (Lipinski definition) is 5. The Morgan fingerprint density at radius 2 is 2.29 bits per heavy atom. The van der Waals surface area contributed by atoms with Gasteiger partial charge in [0.15, 0.2) is 0 Å². The van der Waals surface area contributed by atoms with E-state index < -0.39 is 0 Å². The van der Waals surface area contributed by atoms with E-state index in [-0.39, 0.29) is 36.9 Å². The second-order valence-electron chi connectivity index (χ2n) is 7.39. The Morgan fingerprint density at radius 3 is 3.07 bits per heavy atom. The van der Waals surface area contributed by atoms with Gasteiger partial charge in [0.1, 0.15) is 36.3 Å². The third-order valence-electron chi connectivity index (χ3n) is 4.99. The minimum atomic E-state index is -0.327. The van der Waals surface area contributed by atoms with Crippen LogP contribution in [0, 0.1) is 5.82 Å². The van der Waals surface area contributed by atoms with Crippen molar-refractivity contribution in [3.8, 4) is 0 Å². The summed E-state index contributed by atoms with van der Waals surface area (Å²) >= 11 is 0. The summed E-state index contributed by atoms with van der Waals surface area (Å²) in [5, 5.41) is 4.16. The van der Waals surface area contributed by atoms with Crippen LogP contribution in [0.1, 0.15) is 55.9 Å². The average Bonchev–Trinajstić information content (AvgIpc) is 3.39. The Labute approximate surface area is 161 Å². The number of ether oxygens (including phenoxy) is 1. The van der Waals surface area contributed by atoms with Gasteiger partial charge in [-0.3, -0.25) is 4.79 Å². The lowest BCUT2D eigenvalue weighted by molar-refractivity contribution is -0.137. The first-order valence-electron chi connectivity index (χ1n) is 9.49. The van der Waals surface area contributed by atoms with Crippen molar-refractivity contribution < 1.29 is 18.4 Å². The van der Waals surface area contributed by atoms with Crippen molar-refractivity contribution in [2.24, 2.45) is 0 Å². The monoisotopic (exact) mass is 386 g/mol. The molecule has 1 N–H and O–H groups in total. The molecule has 4 rings (SSSR count). The summed E-state index contributed by atoms with van der Waals surface area (Å²) in [7, 11) is 0. The molecule has 7 nitrogen and oxygen atoms in total. The summed E-state index contributed by atoms with van der Waals surface area (Å²) in [6, 6.07) is 6.22. The van der Waals surface area contributed by atoms with Crippen LogP contribution in [-0.2, 0) is 16.1 Å². The Balaban J connectivity index is 1.35. The maximum absolute atomic E-state index is 13.3. The lowest BCUT2D eigenvalue weighted by Crippen LogP contribution is -2.33. The minimum Gasteiger partial charge on any atom is -0.364 e. The van der Waals surface area contributed by atoms with Gasteiger partial charge >= 0.3 is 0 Å². The summed E-state index contributed by atoms with van der Waals surface area (Å²) in [4.78, 5) is 21.8. The third-order valence-corrected chi connectivity index (χ3v) is 4.99. The first-order valence-corrected chi connectivity index (χ1v) is 9.49. The van der Waals surface area contributed by atoms with Gasteiger partial charge in [-0.1, -0.05) is 19.0 Å². The zero-order chi connectivity index (χ0) is 19.7. The quantitative estimate of drug-likeness (QED) is 0.698. The lowest BCUT2D eigenvalue weighted by atomic mass is 10.1. The molecule has 0 saturated carbocycles.